The molecule has 0 saturated heterocycles. The molecule has 8 nitrogen and oxygen atoms in total. The lowest BCUT2D eigenvalue weighted by molar-refractivity contribution is -0.236. The summed E-state index contributed by atoms with van der Waals surface area (Å²) >= 11 is 0. The van der Waals surface area contributed by atoms with Crippen LogP contribution in [-0.2, 0) is 9.53 Å². The van der Waals surface area contributed by atoms with E-state index in [1.54, 1.807) is 0 Å². The normalized spacial score (nSPS) is 19.2. The predicted octanol–water partition coefficient (Wildman–Crippen LogP) is 6.04. The fourth-order valence-corrected chi connectivity index (χ4v) is 5.31. The van der Waals surface area contributed by atoms with E-state index in [0.29, 0.717) is 18.4 Å². The van der Waals surface area contributed by atoms with Crippen LogP contribution in [-0.4, -0.2) is 36.4 Å². The average Bonchev–Trinajstić information content (AvgIpc) is 2.84. The van der Waals surface area contributed by atoms with Gasteiger partial charge in [-0.2, -0.15) is 8.78 Å². The van der Waals surface area contributed by atoms with Crippen molar-refractivity contribution in [2.45, 2.75) is 83.2 Å². The van der Waals surface area contributed by atoms with E-state index < -0.39 is 36.6 Å². The molecule has 4 N–H and O–H groups in total. The monoisotopic (exact) mass is 536 g/mol. The van der Waals surface area contributed by atoms with Crippen LogP contribution >= 0.6 is 0 Å². The number of nitrogens with two attached hydrogens (primary N) is 1. The summed E-state index contributed by atoms with van der Waals surface area (Å²) in [6.07, 6.45) is 4.49. The first-order valence-corrected chi connectivity index (χ1v) is 13.1. The second-order valence-electron chi connectivity index (χ2n) is 10.3. The molecule has 1 unspecified atom stereocenters. The molecule has 3 rings (SSSR count). The van der Waals surface area contributed by atoms with Crippen LogP contribution in [0.3, 0.4) is 0 Å². The van der Waals surface area contributed by atoms with Gasteiger partial charge >= 0.3 is 18.2 Å². The van der Waals surface area contributed by atoms with E-state index in [4.69, 9.17) is 15.2 Å². The number of phenolic OH excluding ortho intramolecular Hbond substituents is 1. The van der Waals surface area contributed by atoms with Crippen LogP contribution in [0, 0.1) is 5.41 Å². The number of hydrogen-bond acceptors (Lipinski definition) is 7. The third kappa shape index (κ3) is 8.18. The first kappa shape index (κ1) is 29.4. The number of esters is 1. The lowest BCUT2D eigenvalue weighted by Crippen LogP contribution is -2.38. The van der Waals surface area contributed by atoms with Gasteiger partial charge in [-0.05, 0) is 51.0 Å². The SMILES string of the molecule is C=COc1cc(OC(=O)NCCC(F)(F)OC(=O)CC2(CN)CCCCC2)cc(O)c1C1C=C(C)CCC1. The molecule has 38 heavy (non-hydrogen) atoms. The highest BCUT2D eigenvalue weighted by Crippen LogP contribution is 2.44. The Morgan fingerprint density at radius 3 is 2.66 bits per heavy atom. The van der Waals surface area contributed by atoms with Crippen LogP contribution in [0.2, 0.25) is 0 Å². The second-order valence-corrected chi connectivity index (χ2v) is 10.3. The number of phenols is 1. The summed E-state index contributed by atoms with van der Waals surface area (Å²) in [6, 6.07) is 2.71. The molecule has 1 saturated carbocycles. The van der Waals surface area contributed by atoms with Crippen molar-refractivity contribution < 1.29 is 37.7 Å². The topological polar surface area (TPSA) is 120 Å². The molecule has 10 heteroatoms. The van der Waals surface area contributed by atoms with Gasteiger partial charge < -0.3 is 30.4 Å². The first-order valence-electron chi connectivity index (χ1n) is 13.1. The minimum Gasteiger partial charge on any atom is -0.507 e. The maximum absolute atomic E-state index is 14.2. The molecule has 1 aromatic carbocycles. The molecule has 0 heterocycles. The van der Waals surface area contributed by atoms with Gasteiger partial charge in [0.15, 0.2) is 0 Å². The molecule has 210 valence electrons. The Hall–Kier alpha value is -3.14. The highest BCUT2D eigenvalue weighted by Gasteiger charge is 2.39. The number of nitrogens with one attached hydrogen (secondary N) is 1. The van der Waals surface area contributed by atoms with Crippen LogP contribution in [0.25, 0.3) is 0 Å². The molecule has 1 amide bonds. The maximum Gasteiger partial charge on any atom is 0.412 e. The Morgan fingerprint density at radius 2 is 2.00 bits per heavy atom. The quantitative estimate of drug-likeness (QED) is 0.179. The van der Waals surface area contributed by atoms with Crippen molar-refractivity contribution >= 4 is 12.1 Å². The van der Waals surface area contributed by atoms with Gasteiger partial charge in [-0.15, -0.1) is 0 Å². The summed E-state index contributed by atoms with van der Waals surface area (Å²) in [5.74, 6) is -0.933. The highest BCUT2D eigenvalue weighted by atomic mass is 19.3. The molecule has 0 spiro atoms. The molecule has 2 aliphatic rings. The number of rotatable bonds is 11. The molecule has 1 fully saturated rings. The molecule has 0 aromatic heterocycles. The summed E-state index contributed by atoms with van der Waals surface area (Å²) in [4.78, 5) is 24.4. The number of ether oxygens (including phenoxy) is 3. The maximum atomic E-state index is 14.2. The van der Waals surface area contributed by atoms with E-state index >= 15 is 0 Å². The highest BCUT2D eigenvalue weighted by molar-refractivity contribution is 5.71. The molecule has 1 aromatic rings. The van der Waals surface area contributed by atoms with Gasteiger partial charge in [0.1, 0.15) is 17.2 Å². The van der Waals surface area contributed by atoms with Gasteiger partial charge in [-0.25, -0.2) is 4.79 Å². The van der Waals surface area contributed by atoms with Gasteiger partial charge in [0, 0.05) is 30.2 Å². The van der Waals surface area contributed by atoms with Crippen molar-refractivity contribution in [2.24, 2.45) is 11.1 Å². The number of hydrogen-bond donors (Lipinski definition) is 3. The van der Waals surface area contributed by atoms with E-state index in [1.807, 2.05) is 6.92 Å². The summed E-state index contributed by atoms with van der Waals surface area (Å²) in [6.45, 7) is 5.31. The Bertz CT molecular complexity index is 1040. The van der Waals surface area contributed by atoms with E-state index in [-0.39, 0.29) is 36.1 Å². The molecule has 0 radical (unpaired) electrons. The second kappa shape index (κ2) is 13.1. The number of benzene rings is 1. The Labute approximate surface area is 222 Å². The summed E-state index contributed by atoms with van der Waals surface area (Å²) in [5.41, 5.74) is 7.10. The van der Waals surface area contributed by atoms with Gasteiger partial charge in [0.05, 0.1) is 19.1 Å². The summed E-state index contributed by atoms with van der Waals surface area (Å²) < 4.78 is 43.5. The van der Waals surface area contributed by atoms with Gasteiger partial charge in [-0.1, -0.05) is 37.5 Å². The van der Waals surface area contributed by atoms with E-state index in [9.17, 15) is 23.5 Å². The van der Waals surface area contributed by atoms with Crippen molar-refractivity contribution in [1.29, 1.82) is 0 Å². The molecule has 0 bridgehead atoms. The first-order chi connectivity index (χ1) is 18.1. The largest absolute Gasteiger partial charge is 0.507 e. The van der Waals surface area contributed by atoms with Crippen LogP contribution in [0.1, 0.15) is 82.6 Å². The van der Waals surface area contributed by atoms with E-state index in [0.717, 1.165) is 38.5 Å². The minimum atomic E-state index is -3.76. The lowest BCUT2D eigenvalue weighted by Gasteiger charge is -2.35. The Morgan fingerprint density at radius 1 is 1.26 bits per heavy atom. The number of allylic oxidation sites excluding steroid dienone is 2. The van der Waals surface area contributed by atoms with E-state index in [2.05, 4.69) is 22.7 Å². The predicted molar refractivity (Wildman–Crippen MR) is 138 cm³/mol. The average molecular weight is 537 g/mol. The smallest absolute Gasteiger partial charge is 0.412 e. The van der Waals surface area contributed by atoms with Crippen LogP contribution < -0.4 is 20.5 Å². The minimum absolute atomic E-state index is 0.0325. The number of amides is 1. The van der Waals surface area contributed by atoms with E-state index in [1.165, 1.54) is 24.0 Å². The molecule has 0 aliphatic heterocycles. The van der Waals surface area contributed by atoms with Crippen LogP contribution in [0.5, 0.6) is 17.2 Å². The molecule has 2 aliphatic carbocycles. The third-order valence-electron chi connectivity index (χ3n) is 7.27. The zero-order valence-corrected chi connectivity index (χ0v) is 21.9. The number of alkyl halides is 2. The number of carbonyl (C=O) groups excluding carboxylic acids is 2. The van der Waals surface area contributed by atoms with Crippen molar-refractivity contribution in [3.8, 4) is 17.2 Å². The summed E-state index contributed by atoms with van der Waals surface area (Å²) in [5, 5.41) is 12.9. The number of halogens is 2. The zero-order chi connectivity index (χ0) is 27.8. The Kier molecular flexibility index (Phi) is 10.1. The van der Waals surface area contributed by atoms with Crippen molar-refractivity contribution in [3.63, 3.8) is 0 Å². The standard InChI is InChI=1S/C28H38F2N2O6/c1-3-36-23-16-21(15-22(33)25(23)20-9-7-8-19(2)14-20)37-26(35)32-13-12-28(29,30)38-24(34)17-27(18-31)10-5-4-6-11-27/h3,14-16,20,33H,1,4-13,17-18,31H2,2H3,(H,32,35). The molecular formula is C28H38F2N2O6. The van der Waals surface area contributed by atoms with Crippen molar-refractivity contribution in [1.82, 2.24) is 5.32 Å². The van der Waals surface area contributed by atoms with Gasteiger partial charge in [0.2, 0.25) is 0 Å². The molecular weight excluding hydrogens is 498 g/mol. The molecule has 1 atom stereocenters. The van der Waals surface area contributed by atoms with Crippen molar-refractivity contribution in [3.05, 3.63) is 42.2 Å². The summed E-state index contributed by atoms with van der Waals surface area (Å²) in [7, 11) is 0. The van der Waals surface area contributed by atoms with Crippen LogP contribution in [0.15, 0.2) is 36.6 Å². The van der Waals surface area contributed by atoms with Gasteiger partial charge in [0.25, 0.3) is 0 Å². The number of carbonyl (C=O) groups is 2. The third-order valence-corrected chi connectivity index (χ3v) is 7.27. The van der Waals surface area contributed by atoms with Crippen molar-refractivity contribution in [2.75, 3.05) is 13.1 Å². The van der Waals surface area contributed by atoms with Crippen LogP contribution in [0.4, 0.5) is 13.6 Å². The fraction of sp³-hybridized carbons (Fsp3) is 0.571. The fourth-order valence-electron chi connectivity index (χ4n) is 5.31. The zero-order valence-electron chi connectivity index (χ0n) is 21.9. The Balaban J connectivity index is 1.53. The van der Waals surface area contributed by atoms with Gasteiger partial charge in [-0.3, -0.25) is 4.79 Å². The number of aromatic hydroxyl groups is 1. The lowest BCUT2D eigenvalue weighted by atomic mass is 9.72.